The fraction of sp³-hybridized carbons (Fsp3) is 0.346. The van der Waals surface area contributed by atoms with Gasteiger partial charge in [0.1, 0.15) is 5.54 Å². The van der Waals surface area contributed by atoms with E-state index in [1.165, 1.54) is 25.2 Å². The Morgan fingerprint density at radius 3 is 2.56 bits per heavy atom. The van der Waals surface area contributed by atoms with Gasteiger partial charge in [-0.3, -0.25) is 14.5 Å². The minimum Gasteiger partial charge on any atom is -0.493 e. The smallest absolute Gasteiger partial charge is 0.338 e. The maximum atomic E-state index is 13.4. The van der Waals surface area contributed by atoms with E-state index >= 15 is 0 Å². The first-order valence-electron chi connectivity index (χ1n) is 11.2. The number of amides is 2. The zero-order valence-corrected chi connectivity index (χ0v) is 19.4. The Morgan fingerprint density at radius 1 is 1.15 bits per heavy atom. The van der Waals surface area contributed by atoms with Crippen molar-refractivity contribution in [2.75, 3.05) is 31.0 Å². The molecule has 1 aliphatic carbocycles. The summed E-state index contributed by atoms with van der Waals surface area (Å²) >= 11 is 0. The molecular formula is C26H28N2O6. The number of benzene rings is 2. The van der Waals surface area contributed by atoms with Gasteiger partial charge in [-0.05, 0) is 43.5 Å². The average molecular weight is 465 g/mol. The second kappa shape index (κ2) is 9.59. The van der Waals surface area contributed by atoms with Crippen LogP contribution in [-0.2, 0) is 20.7 Å². The number of allylic oxidation sites excluding steroid dienone is 1. The predicted octanol–water partition coefficient (Wildman–Crippen LogP) is 3.89. The zero-order chi connectivity index (χ0) is 24.3. The van der Waals surface area contributed by atoms with Gasteiger partial charge in [0.25, 0.3) is 11.8 Å². The third-order valence-electron chi connectivity index (χ3n) is 6.41. The van der Waals surface area contributed by atoms with Crippen molar-refractivity contribution in [2.24, 2.45) is 0 Å². The number of fused-ring (bicyclic) bond motifs is 1. The second-order valence-corrected chi connectivity index (χ2v) is 8.38. The standard InChI is InChI=1S/C26H28N2O6/c1-4-9-17-14-18(15-21(32-2)23(17)33-3)24(30)34-16-22(29)28-20-11-6-5-10-19(20)27-25(31)26(28)12-7-8-13-26/h4-6,10-11,14-15H,1,7-9,12-13,16H2,2-3H3,(H,27,31). The van der Waals surface area contributed by atoms with E-state index in [-0.39, 0.29) is 11.5 Å². The number of carbonyl (C=O) groups is 3. The van der Waals surface area contributed by atoms with Crippen LogP contribution < -0.4 is 19.7 Å². The molecule has 1 spiro atoms. The quantitative estimate of drug-likeness (QED) is 0.494. The van der Waals surface area contributed by atoms with E-state index in [4.69, 9.17) is 14.2 Å². The molecule has 4 rings (SSSR count). The Balaban J connectivity index is 1.58. The number of methoxy groups -OCH3 is 2. The number of nitrogens with zero attached hydrogens (tertiary/aromatic N) is 1. The van der Waals surface area contributed by atoms with Gasteiger partial charge in [0.05, 0.1) is 31.2 Å². The molecule has 1 aliphatic heterocycles. The lowest BCUT2D eigenvalue weighted by Gasteiger charge is -2.44. The van der Waals surface area contributed by atoms with Crippen molar-refractivity contribution < 1.29 is 28.6 Å². The Hall–Kier alpha value is -3.81. The number of nitrogens with one attached hydrogen (secondary N) is 1. The summed E-state index contributed by atoms with van der Waals surface area (Å²) in [5.41, 5.74) is 1.16. The van der Waals surface area contributed by atoms with E-state index < -0.39 is 24.0 Å². The van der Waals surface area contributed by atoms with Gasteiger partial charge in [0.2, 0.25) is 0 Å². The highest BCUT2D eigenvalue weighted by Crippen LogP contribution is 2.45. The van der Waals surface area contributed by atoms with Crippen LogP contribution >= 0.6 is 0 Å². The Kier molecular flexibility index (Phi) is 6.58. The molecule has 0 atom stereocenters. The number of hydrogen-bond donors (Lipinski definition) is 1. The first-order valence-corrected chi connectivity index (χ1v) is 11.2. The fourth-order valence-electron chi connectivity index (χ4n) is 4.87. The summed E-state index contributed by atoms with van der Waals surface area (Å²) in [6.45, 7) is 3.24. The van der Waals surface area contributed by atoms with Crippen LogP contribution in [0.2, 0.25) is 0 Å². The predicted molar refractivity (Wildman–Crippen MR) is 127 cm³/mol. The lowest BCUT2D eigenvalue weighted by molar-refractivity contribution is -0.129. The van der Waals surface area contributed by atoms with Gasteiger partial charge in [-0.15, -0.1) is 6.58 Å². The molecule has 2 aromatic rings. The number of esters is 1. The van der Waals surface area contributed by atoms with Gasteiger partial charge in [0, 0.05) is 5.56 Å². The number of rotatable bonds is 7. The molecule has 0 radical (unpaired) electrons. The van der Waals surface area contributed by atoms with E-state index in [1.807, 2.05) is 6.07 Å². The van der Waals surface area contributed by atoms with Crippen LogP contribution in [0.3, 0.4) is 0 Å². The number of carbonyl (C=O) groups excluding carboxylic acids is 3. The van der Waals surface area contributed by atoms with Gasteiger partial charge in [-0.2, -0.15) is 0 Å². The van der Waals surface area contributed by atoms with Crippen molar-refractivity contribution in [1.29, 1.82) is 0 Å². The highest BCUT2D eigenvalue weighted by molar-refractivity contribution is 6.15. The lowest BCUT2D eigenvalue weighted by atomic mass is 9.90. The molecule has 0 bridgehead atoms. The van der Waals surface area contributed by atoms with Crippen LogP contribution in [0.5, 0.6) is 11.5 Å². The zero-order valence-electron chi connectivity index (χ0n) is 19.4. The van der Waals surface area contributed by atoms with E-state index in [0.29, 0.717) is 47.7 Å². The number of hydrogen-bond acceptors (Lipinski definition) is 6. The van der Waals surface area contributed by atoms with E-state index in [9.17, 15) is 14.4 Å². The van der Waals surface area contributed by atoms with Crippen LogP contribution in [0.25, 0.3) is 0 Å². The van der Waals surface area contributed by atoms with Crippen molar-refractivity contribution in [1.82, 2.24) is 0 Å². The Labute approximate surface area is 198 Å². The molecule has 1 saturated carbocycles. The topological polar surface area (TPSA) is 94.2 Å². The average Bonchev–Trinajstić information content (AvgIpc) is 3.33. The lowest BCUT2D eigenvalue weighted by Crippen LogP contribution is -2.61. The van der Waals surface area contributed by atoms with Crippen LogP contribution in [0.4, 0.5) is 11.4 Å². The highest BCUT2D eigenvalue weighted by atomic mass is 16.5. The van der Waals surface area contributed by atoms with E-state index in [2.05, 4.69) is 11.9 Å². The Bertz CT molecular complexity index is 1140. The number of ether oxygens (including phenoxy) is 3. The summed E-state index contributed by atoms with van der Waals surface area (Å²) in [5.74, 6) is -0.419. The molecule has 178 valence electrons. The molecule has 1 N–H and O–H groups in total. The van der Waals surface area contributed by atoms with Crippen LogP contribution in [0.15, 0.2) is 49.1 Å². The van der Waals surface area contributed by atoms with Crippen molar-refractivity contribution >= 4 is 29.2 Å². The molecule has 1 fully saturated rings. The summed E-state index contributed by atoms with van der Waals surface area (Å²) in [7, 11) is 3.00. The molecule has 8 nitrogen and oxygen atoms in total. The summed E-state index contributed by atoms with van der Waals surface area (Å²) in [5, 5.41) is 2.94. The molecular weight excluding hydrogens is 436 g/mol. The third kappa shape index (κ3) is 4.00. The summed E-state index contributed by atoms with van der Waals surface area (Å²) in [6.07, 6.45) is 4.96. The molecule has 2 amide bonds. The van der Waals surface area contributed by atoms with Crippen molar-refractivity contribution in [3.05, 3.63) is 60.2 Å². The van der Waals surface area contributed by atoms with Crippen LogP contribution in [-0.4, -0.2) is 44.1 Å². The Morgan fingerprint density at radius 2 is 1.88 bits per heavy atom. The minimum atomic E-state index is -0.960. The van der Waals surface area contributed by atoms with E-state index in [0.717, 1.165) is 12.8 Å². The maximum Gasteiger partial charge on any atom is 0.338 e. The monoisotopic (exact) mass is 464 g/mol. The van der Waals surface area contributed by atoms with E-state index in [1.54, 1.807) is 30.3 Å². The molecule has 0 unspecified atom stereocenters. The largest absolute Gasteiger partial charge is 0.493 e. The summed E-state index contributed by atoms with van der Waals surface area (Å²) in [6, 6.07) is 10.3. The summed E-state index contributed by atoms with van der Waals surface area (Å²) in [4.78, 5) is 40.9. The van der Waals surface area contributed by atoms with Crippen LogP contribution in [0.1, 0.15) is 41.6 Å². The number of anilines is 2. The van der Waals surface area contributed by atoms with Crippen molar-refractivity contribution in [2.45, 2.75) is 37.6 Å². The fourth-order valence-corrected chi connectivity index (χ4v) is 4.87. The van der Waals surface area contributed by atoms with Gasteiger partial charge in [-0.1, -0.05) is 31.1 Å². The minimum absolute atomic E-state index is 0.197. The third-order valence-corrected chi connectivity index (χ3v) is 6.41. The highest BCUT2D eigenvalue weighted by Gasteiger charge is 2.52. The molecule has 34 heavy (non-hydrogen) atoms. The first-order chi connectivity index (χ1) is 16.4. The molecule has 8 heteroatoms. The van der Waals surface area contributed by atoms with Gasteiger partial charge in [-0.25, -0.2) is 4.79 Å². The number of para-hydroxylation sites is 2. The van der Waals surface area contributed by atoms with Crippen molar-refractivity contribution in [3.8, 4) is 11.5 Å². The second-order valence-electron chi connectivity index (χ2n) is 8.38. The molecule has 0 aromatic heterocycles. The van der Waals surface area contributed by atoms with Crippen LogP contribution in [0, 0.1) is 0 Å². The van der Waals surface area contributed by atoms with Gasteiger partial charge in [0.15, 0.2) is 18.1 Å². The first kappa shape index (κ1) is 23.4. The summed E-state index contributed by atoms with van der Waals surface area (Å²) < 4.78 is 16.2. The van der Waals surface area contributed by atoms with Gasteiger partial charge >= 0.3 is 5.97 Å². The molecule has 2 aliphatic rings. The normalized spacial score (nSPS) is 15.9. The molecule has 2 aromatic carbocycles. The molecule has 0 saturated heterocycles. The molecule has 1 heterocycles. The SMILES string of the molecule is C=CCc1cc(C(=O)OCC(=O)N2c3ccccc3NC(=O)C23CCCC3)cc(OC)c1OC. The van der Waals surface area contributed by atoms with Crippen molar-refractivity contribution in [3.63, 3.8) is 0 Å². The van der Waals surface area contributed by atoms with Gasteiger partial charge < -0.3 is 19.5 Å². The maximum absolute atomic E-state index is 13.4.